The van der Waals surface area contributed by atoms with Crippen molar-refractivity contribution in [2.45, 2.75) is 32.7 Å². The van der Waals surface area contributed by atoms with Crippen molar-refractivity contribution in [2.75, 3.05) is 0 Å². The molecule has 72 valence electrons. The van der Waals surface area contributed by atoms with Crippen LogP contribution in [0.15, 0.2) is 25.5 Å². The van der Waals surface area contributed by atoms with Crippen LogP contribution in [-0.4, -0.2) is 22.1 Å². The molecule has 0 saturated heterocycles. The van der Waals surface area contributed by atoms with Crippen molar-refractivity contribution >= 4 is 0 Å². The summed E-state index contributed by atoms with van der Waals surface area (Å²) in [7, 11) is 0. The molecule has 1 unspecified atom stereocenters. The van der Waals surface area contributed by atoms with Gasteiger partial charge in [-0.05, 0) is 20.8 Å². The molecule has 1 atom stereocenters. The van der Waals surface area contributed by atoms with Gasteiger partial charge in [-0.1, -0.05) is 12.7 Å². The van der Waals surface area contributed by atoms with Crippen LogP contribution in [-0.2, 0) is 4.74 Å². The fourth-order valence-electron chi connectivity index (χ4n) is 0.139. The Balaban J connectivity index is 0. The quantitative estimate of drug-likeness (QED) is 0.386. The lowest BCUT2D eigenvalue weighted by atomic mass is 10.1. The van der Waals surface area contributed by atoms with Gasteiger partial charge in [0.15, 0.2) is 6.29 Å². The summed E-state index contributed by atoms with van der Waals surface area (Å²) in [5, 5.41) is 17.0. The minimum absolute atomic E-state index is 0.694. The van der Waals surface area contributed by atoms with Gasteiger partial charge in [0.05, 0.1) is 11.9 Å². The molecule has 0 bridgehead atoms. The van der Waals surface area contributed by atoms with Crippen LogP contribution in [0.5, 0.6) is 0 Å². The van der Waals surface area contributed by atoms with Gasteiger partial charge >= 0.3 is 0 Å². The second-order valence-electron chi connectivity index (χ2n) is 2.76. The highest BCUT2D eigenvalue weighted by atomic mass is 16.6. The monoisotopic (exact) mass is 174 g/mol. The number of aliphatic hydroxyl groups excluding tert-OH is 1. The zero-order valence-corrected chi connectivity index (χ0v) is 7.95. The second kappa shape index (κ2) is 6.88. The molecular weight excluding hydrogens is 156 g/mol. The van der Waals surface area contributed by atoms with Crippen molar-refractivity contribution in [1.29, 1.82) is 0 Å². The maximum atomic E-state index is 8.71. The molecule has 0 spiro atoms. The van der Waals surface area contributed by atoms with E-state index in [4.69, 9.17) is 10.2 Å². The van der Waals surface area contributed by atoms with Crippen molar-refractivity contribution in [3.8, 4) is 0 Å². The maximum Gasteiger partial charge on any atom is 0.193 e. The van der Waals surface area contributed by atoms with Crippen molar-refractivity contribution in [2.24, 2.45) is 0 Å². The van der Waals surface area contributed by atoms with E-state index in [9.17, 15) is 0 Å². The molecule has 0 aliphatic carbocycles. The second-order valence-corrected chi connectivity index (χ2v) is 2.76. The molecule has 0 aliphatic rings. The number of hydrogen-bond acceptors (Lipinski definition) is 3. The molecule has 0 aromatic carbocycles. The van der Waals surface area contributed by atoms with E-state index in [1.165, 1.54) is 19.3 Å². The van der Waals surface area contributed by atoms with Crippen LogP contribution in [0.3, 0.4) is 0 Å². The summed E-state index contributed by atoms with van der Waals surface area (Å²) in [6.07, 6.45) is 1.97. The van der Waals surface area contributed by atoms with Gasteiger partial charge in [0.25, 0.3) is 0 Å². The van der Waals surface area contributed by atoms with Crippen molar-refractivity contribution < 1.29 is 14.9 Å². The minimum Gasteiger partial charge on any atom is -0.474 e. The summed E-state index contributed by atoms with van der Waals surface area (Å²) >= 11 is 0. The summed E-state index contributed by atoms with van der Waals surface area (Å²) in [6, 6.07) is 0. The van der Waals surface area contributed by atoms with Crippen LogP contribution in [0, 0.1) is 0 Å². The first-order valence-electron chi connectivity index (χ1n) is 3.64. The van der Waals surface area contributed by atoms with E-state index < -0.39 is 11.9 Å². The molecular formula is C9H18O3. The molecule has 0 aliphatic heterocycles. The van der Waals surface area contributed by atoms with Crippen molar-refractivity contribution in [3.63, 3.8) is 0 Å². The number of hydrogen-bond donors (Lipinski definition) is 2. The van der Waals surface area contributed by atoms with Gasteiger partial charge < -0.3 is 14.9 Å². The third kappa shape index (κ3) is 22.9. The van der Waals surface area contributed by atoms with E-state index in [0.29, 0.717) is 0 Å². The van der Waals surface area contributed by atoms with Gasteiger partial charge in [0.1, 0.15) is 0 Å². The Labute approximate surface area is 74.0 Å². The van der Waals surface area contributed by atoms with E-state index >= 15 is 0 Å². The fraction of sp³-hybridized carbons (Fsp3) is 0.556. The maximum absolute atomic E-state index is 8.71. The summed E-state index contributed by atoms with van der Waals surface area (Å²) in [5.41, 5.74) is -0.694. The standard InChI is InChI=1S/C5H10O.C4H8O2/c1-4-5(2,3)6;1-3-6-4(2)5/h4,6H,1H2,2-3H3;3-5H,1H2,2H3. The normalized spacial score (nSPS) is 12.1. The van der Waals surface area contributed by atoms with E-state index in [2.05, 4.69) is 17.9 Å². The average molecular weight is 174 g/mol. The summed E-state index contributed by atoms with van der Waals surface area (Å²) in [5.74, 6) is 0. The highest BCUT2D eigenvalue weighted by molar-refractivity contribution is 4.86. The topological polar surface area (TPSA) is 49.7 Å². The Morgan fingerprint density at radius 3 is 1.75 bits per heavy atom. The Kier molecular flexibility index (Phi) is 7.90. The molecule has 3 nitrogen and oxygen atoms in total. The van der Waals surface area contributed by atoms with E-state index in [-0.39, 0.29) is 0 Å². The molecule has 12 heavy (non-hydrogen) atoms. The fourth-order valence-corrected chi connectivity index (χ4v) is 0.139. The van der Waals surface area contributed by atoms with Crippen LogP contribution < -0.4 is 0 Å². The third-order valence-electron chi connectivity index (χ3n) is 0.793. The SMILES string of the molecule is C=CC(C)(C)O.C=COC(C)O. The Hall–Kier alpha value is -0.800. The highest BCUT2D eigenvalue weighted by Gasteiger charge is 2.02. The largest absolute Gasteiger partial charge is 0.474 e. The molecule has 0 fully saturated rings. The molecule has 0 saturated carbocycles. The lowest BCUT2D eigenvalue weighted by molar-refractivity contribution is -0.0345. The van der Waals surface area contributed by atoms with Crippen LogP contribution in [0.2, 0.25) is 0 Å². The van der Waals surface area contributed by atoms with Crippen molar-refractivity contribution in [3.05, 3.63) is 25.5 Å². The van der Waals surface area contributed by atoms with Gasteiger partial charge in [-0.15, -0.1) is 6.58 Å². The molecule has 0 aromatic heterocycles. The first kappa shape index (κ1) is 13.8. The molecule has 0 heterocycles. The zero-order chi connectivity index (χ0) is 10.2. The molecule has 2 N–H and O–H groups in total. The average Bonchev–Trinajstić information content (AvgIpc) is 1.87. The van der Waals surface area contributed by atoms with Crippen LogP contribution in [0.1, 0.15) is 20.8 Å². The molecule has 3 heteroatoms. The van der Waals surface area contributed by atoms with Gasteiger partial charge in [-0.3, -0.25) is 0 Å². The molecule has 0 amide bonds. The zero-order valence-electron chi connectivity index (χ0n) is 7.95. The van der Waals surface area contributed by atoms with Crippen LogP contribution in [0.25, 0.3) is 0 Å². The smallest absolute Gasteiger partial charge is 0.193 e. The van der Waals surface area contributed by atoms with Gasteiger partial charge in [0, 0.05) is 0 Å². The number of rotatable bonds is 3. The predicted molar refractivity (Wildman–Crippen MR) is 49.5 cm³/mol. The third-order valence-corrected chi connectivity index (χ3v) is 0.793. The Morgan fingerprint density at radius 1 is 1.42 bits per heavy atom. The van der Waals surface area contributed by atoms with E-state index in [0.717, 1.165) is 0 Å². The highest BCUT2D eigenvalue weighted by Crippen LogP contribution is 1.98. The molecule has 0 radical (unpaired) electrons. The minimum atomic E-state index is -0.720. The van der Waals surface area contributed by atoms with Crippen LogP contribution in [0.4, 0.5) is 0 Å². The lowest BCUT2D eigenvalue weighted by Gasteiger charge is -2.07. The van der Waals surface area contributed by atoms with E-state index in [1.807, 2.05) is 0 Å². The molecule has 0 rings (SSSR count). The summed E-state index contributed by atoms with van der Waals surface area (Å²) in [6.45, 7) is 11.5. The first-order chi connectivity index (χ1) is 5.33. The predicted octanol–water partition coefficient (Wildman–Crippen LogP) is 1.43. The molecule has 0 aromatic rings. The first-order valence-corrected chi connectivity index (χ1v) is 3.64. The van der Waals surface area contributed by atoms with Gasteiger partial charge in [-0.25, -0.2) is 0 Å². The van der Waals surface area contributed by atoms with Gasteiger partial charge in [0.2, 0.25) is 0 Å². The Bertz CT molecular complexity index is 122. The number of ether oxygens (including phenoxy) is 1. The Morgan fingerprint density at radius 2 is 1.75 bits per heavy atom. The van der Waals surface area contributed by atoms with E-state index in [1.54, 1.807) is 13.8 Å². The lowest BCUT2D eigenvalue weighted by Crippen LogP contribution is -2.12. The summed E-state index contributed by atoms with van der Waals surface area (Å²) in [4.78, 5) is 0. The number of aliphatic hydroxyl groups is 2. The van der Waals surface area contributed by atoms with Crippen molar-refractivity contribution in [1.82, 2.24) is 0 Å². The summed E-state index contributed by atoms with van der Waals surface area (Å²) < 4.78 is 4.36. The van der Waals surface area contributed by atoms with Gasteiger partial charge in [-0.2, -0.15) is 0 Å². The van der Waals surface area contributed by atoms with Crippen LogP contribution >= 0.6 is 0 Å².